The van der Waals surface area contributed by atoms with E-state index >= 15 is 0 Å². The van der Waals surface area contributed by atoms with Crippen LogP contribution in [0.25, 0.3) is 16.8 Å². The van der Waals surface area contributed by atoms with Crippen molar-refractivity contribution in [3.63, 3.8) is 0 Å². The molecule has 0 aliphatic carbocycles. The Morgan fingerprint density at radius 3 is 2.69 bits per heavy atom. The molecule has 2 aliphatic rings. The Morgan fingerprint density at radius 2 is 1.94 bits per heavy atom. The van der Waals surface area contributed by atoms with Crippen molar-refractivity contribution in [2.75, 3.05) is 37.4 Å². The first-order valence-electron chi connectivity index (χ1n) is 11.1. The van der Waals surface area contributed by atoms with Gasteiger partial charge in [0.25, 0.3) is 0 Å². The molecule has 5 rings (SSSR count). The van der Waals surface area contributed by atoms with Crippen molar-refractivity contribution in [2.45, 2.75) is 12.5 Å². The fourth-order valence-corrected chi connectivity index (χ4v) is 4.21. The Labute approximate surface area is 202 Å². The second-order valence-electron chi connectivity index (χ2n) is 8.26. The number of methoxy groups -OCH3 is 1. The number of benzene rings is 2. The maximum Gasteiger partial charge on any atom is 0.222 e. The van der Waals surface area contributed by atoms with Crippen LogP contribution in [0.2, 0.25) is 0 Å². The Morgan fingerprint density at radius 1 is 1.14 bits per heavy atom. The van der Waals surface area contributed by atoms with Gasteiger partial charge in [0.15, 0.2) is 0 Å². The van der Waals surface area contributed by atoms with E-state index in [0.29, 0.717) is 43.2 Å². The monoisotopic (exact) mass is 470 g/mol. The molecule has 1 saturated heterocycles. The van der Waals surface area contributed by atoms with Gasteiger partial charge in [-0.25, -0.2) is 9.37 Å². The quantitative estimate of drug-likeness (QED) is 0.603. The summed E-state index contributed by atoms with van der Waals surface area (Å²) in [7, 11) is 1.65. The minimum Gasteiger partial charge on any atom is -0.497 e. The van der Waals surface area contributed by atoms with Crippen LogP contribution >= 0.6 is 0 Å². The van der Waals surface area contributed by atoms with Crippen LogP contribution in [0.4, 0.5) is 16.2 Å². The highest BCUT2D eigenvalue weighted by Gasteiger charge is 2.28. The minimum absolute atomic E-state index is 0.0213. The van der Waals surface area contributed by atoms with Gasteiger partial charge < -0.3 is 20.1 Å². The van der Waals surface area contributed by atoms with Crippen LogP contribution < -0.4 is 15.4 Å². The highest BCUT2D eigenvalue weighted by molar-refractivity contribution is 6.01. The molecule has 0 spiro atoms. The number of hydrogen-bond acceptors (Lipinski definition) is 8. The lowest BCUT2D eigenvalue weighted by Crippen LogP contribution is -2.46. The van der Waals surface area contributed by atoms with Gasteiger partial charge in [0, 0.05) is 30.8 Å². The number of nitrogens with two attached hydrogens (primary N) is 1. The normalized spacial score (nSPS) is 17.5. The number of rotatable bonds is 5. The molecule has 0 radical (unpaired) electrons. The van der Waals surface area contributed by atoms with Gasteiger partial charge in [0.1, 0.15) is 29.6 Å². The SMILES string of the molecule is COc1ccc(C2=CN=C(C3CN(c4cc(-c5ccc(C#N)c(F)c5)nc(N)n4)CCO3)C2)cc1. The molecule has 1 aromatic heterocycles. The number of ether oxygens (including phenoxy) is 2. The zero-order valence-electron chi connectivity index (χ0n) is 19.1. The number of nitrogens with zero attached hydrogens (tertiary/aromatic N) is 5. The van der Waals surface area contributed by atoms with Crippen molar-refractivity contribution in [1.82, 2.24) is 9.97 Å². The number of nitrogen functional groups attached to an aromatic ring is 1. The van der Waals surface area contributed by atoms with E-state index < -0.39 is 5.82 Å². The molecule has 2 aromatic carbocycles. The Bertz CT molecular complexity index is 1360. The predicted molar refractivity (Wildman–Crippen MR) is 132 cm³/mol. The molecule has 1 unspecified atom stereocenters. The topological polar surface area (TPSA) is 110 Å². The number of allylic oxidation sites excluding steroid dienone is 1. The van der Waals surface area contributed by atoms with Gasteiger partial charge in [-0.15, -0.1) is 0 Å². The maximum absolute atomic E-state index is 14.2. The van der Waals surface area contributed by atoms with E-state index in [-0.39, 0.29) is 17.6 Å². The van der Waals surface area contributed by atoms with Crippen LogP contribution in [0, 0.1) is 17.1 Å². The van der Waals surface area contributed by atoms with Crippen molar-refractivity contribution in [3.05, 3.63) is 71.7 Å². The smallest absolute Gasteiger partial charge is 0.222 e. The predicted octanol–water partition coefficient (Wildman–Crippen LogP) is 3.84. The lowest BCUT2D eigenvalue weighted by Gasteiger charge is -2.34. The van der Waals surface area contributed by atoms with Gasteiger partial charge in [-0.3, -0.25) is 4.99 Å². The van der Waals surface area contributed by atoms with Crippen molar-refractivity contribution < 1.29 is 13.9 Å². The standard InChI is InChI=1S/C26H23FN6O2/c1-34-20-6-4-16(5-7-20)19-11-23(30-14-19)24-15-33(8-9-35-24)25-12-22(31-26(29)32-25)17-2-3-18(13-28)21(27)10-17/h2-7,10,12,14,24H,8-9,11,15H2,1H3,(H2,29,31,32). The molecular weight excluding hydrogens is 447 g/mol. The fraction of sp³-hybridized carbons (Fsp3) is 0.231. The summed E-state index contributed by atoms with van der Waals surface area (Å²) < 4.78 is 25.4. The van der Waals surface area contributed by atoms with Crippen LogP contribution in [0.5, 0.6) is 5.75 Å². The first kappa shape index (κ1) is 22.5. The molecule has 1 fully saturated rings. The highest BCUT2D eigenvalue weighted by atomic mass is 19.1. The fourth-order valence-electron chi connectivity index (χ4n) is 4.21. The Balaban J connectivity index is 1.31. The third kappa shape index (κ3) is 4.69. The summed E-state index contributed by atoms with van der Waals surface area (Å²) in [5.41, 5.74) is 10.2. The molecule has 35 heavy (non-hydrogen) atoms. The summed E-state index contributed by atoms with van der Waals surface area (Å²) in [5.74, 6) is 0.932. The molecule has 0 amide bonds. The maximum atomic E-state index is 14.2. The zero-order chi connectivity index (χ0) is 24.4. The number of anilines is 2. The molecule has 0 bridgehead atoms. The molecule has 176 valence electrons. The van der Waals surface area contributed by atoms with Crippen LogP contribution in [0.1, 0.15) is 17.5 Å². The average Bonchev–Trinajstić information content (AvgIpc) is 3.39. The zero-order valence-corrected chi connectivity index (χ0v) is 19.1. The molecule has 2 N–H and O–H groups in total. The third-order valence-corrected chi connectivity index (χ3v) is 6.10. The first-order chi connectivity index (χ1) is 17.0. The average molecular weight is 471 g/mol. The number of nitriles is 1. The van der Waals surface area contributed by atoms with Gasteiger partial charge in [-0.05, 0) is 35.4 Å². The molecular formula is C26H23FN6O2. The lowest BCUT2D eigenvalue weighted by molar-refractivity contribution is 0.0829. The van der Waals surface area contributed by atoms with Gasteiger partial charge in [0.05, 0.1) is 37.2 Å². The Kier molecular flexibility index (Phi) is 6.12. The number of halogens is 1. The summed E-state index contributed by atoms with van der Waals surface area (Å²) in [6.45, 7) is 1.69. The second kappa shape index (κ2) is 9.52. The third-order valence-electron chi connectivity index (χ3n) is 6.10. The first-order valence-corrected chi connectivity index (χ1v) is 11.1. The Hall–Kier alpha value is -4.29. The lowest BCUT2D eigenvalue weighted by atomic mass is 10.00. The highest BCUT2D eigenvalue weighted by Crippen LogP contribution is 2.29. The van der Waals surface area contributed by atoms with Gasteiger partial charge in [-0.2, -0.15) is 10.2 Å². The van der Waals surface area contributed by atoms with Gasteiger partial charge in [0.2, 0.25) is 5.95 Å². The molecule has 8 nitrogen and oxygen atoms in total. The van der Waals surface area contributed by atoms with Gasteiger partial charge in [-0.1, -0.05) is 18.2 Å². The van der Waals surface area contributed by atoms with Crippen LogP contribution in [0.15, 0.2) is 59.7 Å². The van der Waals surface area contributed by atoms with Crippen molar-refractivity contribution >= 4 is 23.1 Å². The summed E-state index contributed by atoms with van der Waals surface area (Å²) >= 11 is 0. The largest absolute Gasteiger partial charge is 0.497 e. The molecule has 0 saturated carbocycles. The summed E-state index contributed by atoms with van der Waals surface area (Å²) in [4.78, 5) is 15.4. The van der Waals surface area contributed by atoms with E-state index in [1.54, 1.807) is 19.2 Å². The number of aromatic nitrogens is 2. The van der Waals surface area contributed by atoms with E-state index in [9.17, 15) is 4.39 Å². The molecule has 1 atom stereocenters. The molecule has 3 aromatic rings. The number of aliphatic imine (C=N–C) groups is 1. The number of hydrogen-bond donors (Lipinski definition) is 1. The van der Waals surface area contributed by atoms with Crippen molar-refractivity contribution in [3.8, 4) is 23.1 Å². The van der Waals surface area contributed by atoms with Gasteiger partial charge >= 0.3 is 0 Å². The summed E-state index contributed by atoms with van der Waals surface area (Å²) in [5, 5.41) is 8.98. The molecule has 9 heteroatoms. The van der Waals surface area contributed by atoms with E-state index in [1.165, 1.54) is 12.1 Å². The second-order valence-corrected chi connectivity index (χ2v) is 8.26. The van der Waals surface area contributed by atoms with E-state index in [2.05, 4.69) is 19.9 Å². The van der Waals surface area contributed by atoms with Crippen LogP contribution in [0.3, 0.4) is 0 Å². The van der Waals surface area contributed by atoms with E-state index in [1.807, 2.05) is 36.5 Å². The van der Waals surface area contributed by atoms with Crippen LogP contribution in [-0.2, 0) is 4.74 Å². The minimum atomic E-state index is -0.602. The summed E-state index contributed by atoms with van der Waals surface area (Å²) in [6, 6.07) is 15.9. The van der Waals surface area contributed by atoms with Crippen LogP contribution in [-0.4, -0.2) is 48.6 Å². The van der Waals surface area contributed by atoms with E-state index in [0.717, 1.165) is 22.6 Å². The van der Waals surface area contributed by atoms with Crippen molar-refractivity contribution in [1.29, 1.82) is 5.26 Å². The molecule has 3 heterocycles. The van der Waals surface area contributed by atoms with E-state index in [4.69, 9.17) is 20.5 Å². The number of morpholine rings is 1. The summed E-state index contributed by atoms with van der Waals surface area (Å²) in [6.07, 6.45) is 2.40. The van der Waals surface area contributed by atoms with Crippen molar-refractivity contribution in [2.24, 2.45) is 4.99 Å². The molecule has 2 aliphatic heterocycles.